The van der Waals surface area contributed by atoms with Gasteiger partial charge >= 0.3 is 0 Å². The molecule has 2 N–H and O–H groups in total. The van der Waals surface area contributed by atoms with E-state index in [1.54, 1.807) is 17.4 Å². The van der Waals surface area contributed by atoms with Crippen molar-refractivity contribution in [2.24, 2.45) is 0 Å². The molecule has 3 nitrogen and oxygen atoms in total. The van der Waals surface area contributed by atoms with Gasteiger partial charge in [-0.1, -0.05) is 54.1 Å². The van der Waals surface area contributed by atoms with Gasteiger partial charge in [-0.3, -0.25) is 10.1 Å². The first kappa shape index (κ1) is 17.7. The number of hydrogen-bond donors (Lipinski definition) is 2. The average molecular weight is 371 g/mol. The van der Waals surface area contributed by atoms with Gasteiger partial charge in [-0.25, -0.2) is 0 Å². The van der Waals surface area contributed by atoms with Gasteiger partial charge in [0.2, 0.25) is 5.91 Å². The highest BCUT2D eigenvalue weighted by molar-refractivity contribution is 7.09. The molecular formula is C20H19ClN2OS. The molecule has 0 spiro atoms. The topological polar surface area (TPSA) is 41.1 Å². The van der Waals surface area contributed by atoms with Crippen LogP contribution < -0.4 is 10.6 Å². The van der Waals surface area contributed by atoms with Crippen molar-refractivity contribution < 1.29 is 4.79 Å². The zero-order valence-electron chi connectivity index (χ0n) is 13.8. The van der Waals surface area contributed by atoms with E-state index < -0.39 is 6.04 Å². The Labute approximate surface area is 156 Å². The van der Waals surface area contributed by atoms with E-state index in [2.05, 4.69) is 16.7 Å². The average Bonchev–Trinajstić information content (AvgIpc) is 3.13. The lowest BCUT2D eigenvalue weighted by Crippen LogP contribution is -2.32. The maximum atomic E-state index is 12.9. The van der Waals surface area contributed by atoms with Crippen molar-refractivity contribution >= 4 is 34.5 Å². The summed E-state index contributed by atoms with van der Waals surface area (Å²) in [5.41, 5.74) is 2.60. The quantitative estimate of drug-likeness (QED) is 0.627. The molecule has 1 amide bonds. The molecule has 3 rings (SSSR count). The molecule has 0 aliphatic rings. The predicted molar refractivity (Wildman–Crippen MR) is 105 cm³/mol. The number of halogens is 1. The number of nitrogens with one attached hydrogen (secondary N) is 2. The fourth-order valence-corrected chi connectivity index (χ4v) is 3.34. The van der Waals surface area contributed by atoms with E-state index in [0.717, 1.165) is 11.1 Å². The lowest BCUT2D eigenvalue weighted by Gasteiger charge is -2.19. The Bertz CT molecular complexity index is 834. The Morgan fingerprint density at radius 2 is 1.92 bits per heavy atom. The lowest BCUT2D eigenvalue weighted by molar-refractivity contribution is -0.118. The summed E-state index contributed by atoms with van der Waals surface area (Å²) in [7, 11) is 0. The minimum atomic E-state index is -0.441. The van der Waals surface area contributed by atoms with Gasteiger partial charge in [0.05, 0.1) is 0 Å². The van der Waals surface area contributed by atoms with Gasteiger partial charge in [-0.15, -0.1) is 11.3 Å². The van der Waals surface area contributed by atoms with Crippen molar-refractivity contribution in [3.63, 3.8) is 0 Å². The third-order valence-electron chi connectivity index (χ3n) is 3.89. The minimum Gasteiger partial charge on any atom is -0.324 e. The van der Waals surface area contributed by atoms with E-state index in [4.69, 9.17) is 11.6 Å². The minimum absolute atomic E-state index is 0.109. The summed E-state index contributed by atoms with van der Waals surface area (Å²) < 4.78 is 0. The highest BCUT2D eigenvalue weighted by Crippen LogP contribution is 2.22. The van der Waals surface area contributed by atoms with Gasteiger partial charge in [-0.2, -0.15) is 0 Å². The van der Waals surface area contributed by atoms with Crippen molar-refractivity contribution in [3.8, 4) is 0 Å². The number of carbonyl (C=O) groups is 1. The maximum Gasteiger partial charge on any atom is 0.246 e. The second-order valence-corrected chi connectivity index (χ2v) is 7.20. The van der Waals surface area contributed by atoms with Crippen LogP contribution in [0, 0.1) is 6.92 Å². The molecule has 0 saturated carbocycles. The molecule has 5 heteroatoms. The van der Waals surface area contributed by atoms with Crippen molar-refractivity contribution in [2.45, 2.75) is 19.5 Å². The van der Waals surface area contributed by atoms with Crippen LogP contribution in [0.1, 0.15) is 22.0 Å². The van der Waals surface area contributed by atoms with E-state index in [1.807, 2.05) is 60.8 Å². The summed E-state index contributed by atoms with van der Waals surface area (Å²) in [6.07, 6.45) is 0. The van der Waals surface area contributed by atoms with Crippen LogP contribution in [0.4, 0.5) is 5.69 Å². The number of benzene rings is 2. The van der Waals surface area contributed by atoms with Crippen molar-refractivity contribution in [3.05, 3.63) is 87.1 Å². The van der Waals surface area contributed by atoms with Crippen LogP contribution in [-0.4, -0.2) is 5.91 Å². The van der Waals surface area contributed by atoms with Crippen LogP contribution in [0.25, 0.3) is 0 Å². The molecule has 0 bridgehead atoms. The number of amides is 1. The monoisotopic (exact) mass is 370 g/mol. The molecule has 2 aromatic carbocycles. The van der Waals surface area contributed by atoms with Gasteiger partial charge in [0.1, 0.15) is 6.04 Å². The van der Waals surface area contributed by atoms with E-state index in [-0.39, 0.29) is 5.91 Å². The third kappa shape index (κ3) is 4.69. The summed E-state index contributed by atoms with van der Waals surface area (Å²) in [4.78, 5) is 14.0. The zero-order valence-corrected chi connectivity index (χ0v) is 15.4. The first-order chi connectivity index (χ1) is 12.1. The first-order valence-electron chi connectivity index (χ1n) is 8.01. The predicted octanol–water partition coefficient (Wildman–Crippen LogP) is 5.18. The van der Waals surface area contributed by atoms with Gasteiger partial charge in [0.15, 0.2) is 0 Å². The lowest BCUT2D eigenvalue weighted by atomic mass is 10.1. The molecular weight excluding hydrogens is 352 g/mol. The number of anilines is 1. The Hall–Kier alpha value is -2.14. The van der Waals surface area contributed by atoms with Gasteiger partial charge < -0.3 is 5.32 Å². The molecule has 0 aliphatic carbocycles. The van der Waals surface area contributed by atoms with Crippen molar-refractivity contribution in [1.29, 1.82) is 0 Å². The summed E-state index contributed by atoms with van der Waals surface area (Å²) in [6.45, 7) is 2.57. The number of aryl methyl sites for hydroxylation is 1. The highest BCUT2D eigenvalue weighted by atomic mass is 35.5. The van der Waals surface area contributed by atoms with Gasteiger partial charge in [-0.05, 0) is 41.6 Å². The van der Waals surface area contributed by atoms with Gasteiger partial charge in [0, 0.05) is 22.1 Å². The molecule has 1 heterocycles. The van der Waals surface area contributed by atoms with E-state index >= 15 is 0 Å². The number of rotatable bonds is 6. The van der Waals surface area contributed by atoms with Crippen molar-refractivity contribution in [1.82, 2.24) is 5.32 Å². The molecule has 0 radical (unpaired) electrons. The SMILES string of the molecule is Cc1ccc(NC(=O)[C@H](NCc2cccs2)c2ccccc2)cc1Cl. The van der Waals surface area contributed by atoms with Gasteiger partial charge in [0.25, 0.3) is 0 Å². The first-order valence-corrected chi connectivity index (χ1v) is 9.27. The Morgan fingerprint density at radius 1 is 1.12 bits per heavy atom. The number of carbonyl (C=O) groups excluding carboxylic acids is 1. The number of hydrogen-bond acceptors (Lipinski definition) is 3. The molecule has 0 aliphatic heterocycles. The highest BCUT2D eigenvalue weighted by Gasteiger charge is 2.20. The van der Waals surface area contributed by atoms with Crippen LogP contribution in [0.3, 0.4) is 0 Å². The third-order valence-corrected chi connectivity index (χ3v) is 5.18. The Kier molecular flexibility index (Phi) is 5.87. The summed E-state index contributed by atoms with van der Waals surface area (Å²) in [5, 5.41) is 8.98. The summed E-state index contributed by atoms with van der Waals surface area (Å²) in [6, 6.07) is 18.9. The van der Waals surface area contributed by atoms with E-state index in [9.17, 15) is 4.79 Å². The molecule has 128 valence electrons. The standard InChI is InChI=1S/C20H19ClN2OS/c1-14-9-10-16(12-18(14)21)23-20(24)19(15-6-3-2-4-7-15)22-13-17-8-5-11-25-17/h2-12,19,22H,13H2,1H3,(H,23,24)/t19-/m1/s1. The molecule has 25 heavy (non-hydrogen) atoms. The molecule has 1 atom stereocenters. The summed E-state index contributed by atoms with van der Waals surface area (Å²) >= 11 is 7.82. The number of thiophene rings is 1. The normalized spacial score (nSPS) is 11.9. The van der Waals surface area contributed by atoms with Crippen molar-refractivity contribution in [2.75, 3.05) is 5.32 Å². The van der Waals surface area contributed by atoms with Crippen LogP contribution in [0.2, 0.25) is 5.02 Å². The Balaban J connectivity index is 1.77. The second-order valence-electron chi connectivity index (χ2n) is 5.76. The fraction of sp³-hybridized carbons (Fsp3) is 0.150. The molecule has 0 fully saturated rings. The molecule has 0 unspecified atom stereocenters. The molecule has 0 saturated heterocycles. The Morgan fingerprint density at radius 3 is 2.60 bits per heavy atom. The largest absolute Gasteiger partial charge is 0.324 e. The fourth-order valence-electron chi connectivity index (χ4n) is 2.51. The van der Waals surface area contributed by atoms with E-state index in [0.29, 0.717) is 17.3 Å². The second kappa shape index (κ2) is 8.30. The smallest absolute Gasteiger partial charge is 0.246 e. The van der Waals surface area contributed by atoms with E-state index in [1.165, 1.54) is 4.88 Å². The zero-order chi connectivity index (χ0) is 17.6. The summed E-state index contributed by atoms with van der Waals surface area (Å²) in [5.74, 6) is -0.109. The van der Waals surface area contributed by atoms with Crippen LogP contribution in [0.5, 0.6) is 0 Å². The van der Waals surface area contributed by atoms with Crippen LogP contribution in [0.15, 0.2) is 66.0 Å². The maximum absolute atomic E-state index is 12.9. The molecule has 1 aromatic heterocycles. The van der Waals surface area contributed by atoms with Crippen LogP contribution >= 0.6 is 22.9 Å². The van der Waals surface area contributed by atoms with Crippen LogP contribution in [-0.2, 0) is 11.3 Å². The molecule has 3 aromatic rings.